The molecule has 1 saturated carbocycles. The van der Waals surface area contributed by atoms with Gasteiger partial charge in [-0.05, 0) is 62.9 Å². The second-order valence-corrected chi connectivity index (χ2v) is 12.2. The van der Waals surface area contributed by atoms with Crippen molar-refractivity contribution in [1.82, 2.24) is 19.1 Å². The molecular formula is C25H32N6O4S. The van der Waals surface area contributed by atoms with E-state index in [1.165, 1.54) is 0 Å². The van der Waals surface area contributed by atoms with Crippen LogP contribution < -0.4 is 10.9 Å². The molecule has 1 fully saturated rings. The van der Waals surface area contributed by atoms with Crippen molar-refractivity contribution in [2.75, 3.05) is 11.9 Å². The lowest BCUT2D eigenvalue weighted by atomic mass is 9.85. The van der Waals surface area contributed by atoms with Gasteiger partial charge in [0.25, 0.3) is 5.56 Å². The van der Waals surface area contributed by atoms with Crippen molar-refractivity contribution in [2.24, 2.45) is 5.92 Å². The Morgan fingerprint density at radius 1 is 1.28 bits per heavy atom. The second-order valence-electron chi connectivity index (χ2n) is 10.2. The molecule has 2 unspecified atom stereocenters. The third-order valence-corrected chi connectivity index (χ3v) is 9.70. The van der Waals surface area contributed by atoms with Crippen LogP contribution in [0, 0.1) is 17.2 Å². The lowest BCUT2D eigenvalue weighted by Gasteiger charge is -2.46. The van der Waals surface area contributed by atoms with Crippen LogP contribution in [0.15, 0.2) is 40.2 Å². The van der Waals surface area contributed by atoms with Gasteiger partial charge in [0.1, 0.15) is 5.39 Å². The van der Waals surface area contributed by atoms with Crippen molar-refractivity contribution < 1.29 is 14.2 Å². The van der Waals surface area contributed by atoms with Crippen LogP contribution in [-0.4, -0.2) is 45.4 Å². The zero-order valence-electron chi connectivity index (χ0n) is 20.4. The smallest absolute Gasteiger partial charge is 0.261 e. The van der Waals surface area contributed by atoms with Crippen molar-refractivity contribution in [1.29, 1.82) is 5.26 Å². The van der Waals surface area contributed by atoms with Gasteiger partial charge in [0.15, 0.2) is 5.82 Å². The first kappa shape index (κ1) is 24.8. The molecule has 3 aromatic rings. The summed E-state index contributed by atoms with van der Waals surface area (Å²) in [6.45, 7) is 4.03. The van der Waals surface area contributed by atoms with E-state index in [-0.39, 0.29) is 24.1 Å². The van der Waals surface area contributed by atoms with E-state index < -0.39 is 16.3 Å². The molecule has 0 spiro atoms. The van der Waals surface area contributed by atoms with Crippen molar-refractivity contribution in [3.8, 4) is 6.07 Å². The van der Waals surface area contributed by atoms with E-state index in [9.17, 15) is 24.3 Å². The normalized spacial score (nSPS) is 22.8. The molecule has 0 bridgehead atoms. The fraction of sp³-hybridized carbons (Fsp3) is 0.480. The largest absolute Gasteiger partial charge is 0.396 e. The topological polar surface area (TPSA) is 150 Å². The molecule has 11 heteroatoms. The van der Waals surface area contributed by atoms with E-state index in [0.29, 0.717) is 40.3 Å². The third-order valence-electron chi connectivity index (χ3n) is 7.48. The molecule has 3 heterocycles. The molecule has 36 heavy (non-hydrogen) atoms. The molecule has 0 saturated heterocycles. The predicted octanol–water partition coefficient (Wildman–Crippen LogP) is 4.72. The summed E-state index contributed by atoms with van der Waals surface area (Å²) in [4.78, 5) is 16.0. The number of hydrogen-bond donors (Lipinski definition) is 5. The second kappa shape index (κ2) is 9.21. The Morgan fingerprint density at radius 2 is 2.06 bits per heavy atom. The first-order chi connectivity index (χ1) is 17.2. The summed E-state index contributed by atoms with van der Waals surface area (Å²) < 4.78 is 25.5. The van der Waals surface area contributed by atoms with E-state index >= 15 is 0 Å². The number of fused-ring (bicyclic) bond motifs is 2. The number of nitriles is 1. The average Bonchev–Trinajstić information content (AvgIpc) is 3.34. The number of aromatic nitrogens is 3. The first-order valence-electron chi connectivity index (χ1n) is 12.2. The number of aromatic amines is 1. The lowest BCUT2D eigenvalue weighted by Crippen LogP contribution is -2.42. The third kappa shape index (κ3) is 4.09. The van der Waals surface area contributed by atoms with Crippen LogP contribution in [-0.2, 0) is 6.54 Å². The summed E-state index contributed by atoms with van der Waals surface area (Å²) in [7, 11) is -3.19. The van der Waals surface area contributed by atoms with Crippen LogP contribution in [0.3, 0.4) is 0 Å². The quantitative estimate of drug-likeness (QED) is 0.318. The summed E-state index contributed by atoms with van der Waals surface area (Å²) in [5, 5.41) is 27.6. The number of rotatable bonds is 6. The maximum absolute atomic E-state index is 12.8. The van der Waals surface area contributed by atoms with Crippen molar-refractivity contribution in [2.45, 2.75) is 69.0 Å². The van der Waals surface area contributed by atoms with Crippen molar-refractivity contribution in [3.05, 3.63) is 46.4 Å². The molecule has 1 aliphatic heterocycles. The standard InChI is InChI=1S/C25H32N6O4S/c1-25(2,10-12-32)30-15-17-13-18(7-8-21(17)36(30,34)35)28-23-22-20(9-11-27-24(22)33)31(29-23)19-6-4-3-5-16(19)14-26/h7-9,11,13,16,19,32,34-35H,3-6,10,12,15H2,1-2H3,(H,27,33)(H,28,29). The highest BCUT2D eigenvalue weighted by atomic mass is 32.3. The van der Waals surface area contributed by atoms with Gasteiger partial charge in [0.2, 0.25) is 0 Å². The highest BCUT2D eigenvalue weighted by molar-refractivity contribution is 8.22. The minimum Gasteiger partial charge on any atom is -0.396 e. The van der Waals surface area contributed by atoms with Crippen LogP contribution in [0.5, 0.6) is 0 Å². The van der Waals surface area contributed by atoms with Gasteiger partial charge in [-0.3, -0.25) is 18.6 Å². The molecule has 5 N–H and O–H groups in total. The van der Waals surface area contributed by atoms with Gasteiger partial charge >= 0.3 is 0 Å². The number of aliphatic hydroxyl groups is 1. The van der Waals surface area contributed by atoms with Gasteiger partial charge in [0.05, 0.1) is 28.4 Å². The van der Waals surface area contributed by atoms with Gasteiger partial charge < -0.3 is 15.4 Å². The van der Waals surface area contributed by atoms with Crippen LogP contribution in [0.2, 0.25) is 0 Å². The molecular weight excluding hydrogens is 480 g/mol. The van der Waals surface area contributed by atoms with Crippen molar-refractivity contribution in [3.63, 3.8) is 0 Å². The zero-order chi connectivity index (χ0) is 25.7. The van der Waals surface area contributed by atoms with E-state index in [4.69, 9.17) is 5.10 Å². The van der Waals surface area contributed by atoms with E-state index in [1.54, 1.807) is 22.6 Å². The number of nitrogens with one attached hydrogen (secondary N) is 2. The summed E-state index contributed by atoms with van der Waals surface area (Å²) in [5.41, 5.74) is 1.24. The van der Waals surface area contributed by atoms with Crippen molar-refractivity contribution >= 4 is 33.2 Å². The molecule has 0 radical (unpaired) electrons. The first-order valence-corrected chi connectivity index (χ1v) is 13.7. The summed E-state index contributed by atoms with van der Waals surface area (Å²) in [6.07, 6.45) is 5.67. The van der Waals surface area contributed by atoms with Crippen LogP contribution in [0.4, 0.5) is 11.5 Å². The Balaban J connectivity index is 1.51. The Bertz CT molecular complexity index is 1390. The fourth-order valence-electron chi connectivity index (χ4n) is 5.50. The maximum atomic E-state index is 12.8. The zero-order valence-corrected chi connectivity index (χ0v) is 21.3. The average molecular weight is 513 g/mol. The predicted molar refractivity (Wildman–Crippen MR) is 139 cm³/mol. The van der Waals surface area contributed by atoms with E-state index in [2.05, 4.69) is 16.4 Å². The molecule has 2 aliphatic rings. The monoisotopic (exact) mass is 512 g/mol. The Morgan fingerprint density at radius 3 is 2.81 bits per heavy atom. The van der Waals surface area contributed by atoms with Gasteiger partial charge in [-0.2, -0.15) is 14.7 Å². The van der Waals surface area contributed by atoms with Gasteiger partial charge in [-0.15, -0.1) is 10.8 Å². The SMILES string of the molecule is CC(C)(CCO)N1Cc2cc(Nc3nn(C4CCCCC4C#N)c4cc[nH]c(=O)c34)ccc2S1(O)O. The van der Waals surface area contributed by atoms with Gasteiger partial charge in [0, 0.05) is 30.6 Å². The molecule has 5 rings (SSSR count). The highest BCUT2D eigenvalue weighted by Crippen LogP contribution is 2.62. The molecule has 192 valence electrons. The summed E-state index contributed by atoms with van der Waals surface area (Å²) in [6, 6.07) is 9.42. The number of benzene rings is 1. The summed E-state index contributed by atoms with van der Waals surface area (Å²) >= 11 is 0. The van der Waals surface area contributed by atoms with E-state index in [1.807, 2.05) is 30.7 Å². The minimum atomic E-state index is -3.19. The Kier molecular flexibility index (Phi) is 6.34. The van der Waals surface area contributed by atoms with Crippen LogP contribution in [0.1, 0.15) is 57.6 Å². The number of anilines is 2. The number of pyridine rings is 1. The number of aliphatic hydroxyl groups excluding tert-OH is 1. The summed E-state index contributed by atoms with van der Waals surface area (Å²) in [5.74, 6) is 0.239. The Labute approximate surface area is 211 Å². The molecule has 2 aromatic heterocycles. The number of hydrogen-bond acceptors (Lipinski definition) is 8. The fourth-order valence-corrected chi connectivity index (χ4v) is 7.56. The Hall–Kier alpha value is -2.88. The number of H-pyrrole nitrogens is 1. The highest BCUT2D eigenvalue weighted by Gasteiger charge is 2.43. The van der Waals surface area contributed by atoms with Crippen LogP contribution >= 0.6 is 10.8 Å². The lowest BCUT2D eigenvalue weighted by molar-refractivity contribution is 0.154. The molecule has 1 aromatic carbocycles. The number of nitrogens with zero attached hydrogens (tertiary/aromatic N) is 4. The molecule has 1 aliphatic carbocycles. The van der Waals surface area contributed by atoms with Gasteiger partial charge in [-0.25, -0.2) is 0 Å². The molecule has 10 nitrogen and oxygen atoms in total. The van der Waals surface area contributed by atoms with E-state index in [0.717, 1.165) is 31.2 Å². The molecule has 0 amide bonds. The van der Waals surface area contributed by atoms with Crippen LogP contribution in [0.25, 0.3) is 10.9 Å². The minimum absolute atomic E-state index is 0.0555. The maximum Gasteiger partial charge on any atom is 0.261 e. The van der Waals surface area contributed by atoms with Gasteiger partial charge in [-0.1, -0.05) is 12.8 Å². The molecule has 2 atom stereocenters.